The van der Waals surface area contributed by atoms with Crippen LogP contribution in [0.25, 0.3) is 0 Å². The van der Waals surface area contributed by atoms with Gasteiger partial charge in [-0.2, -0.15) is 0 Å². The van der Waals surface area contributed by atoms with Gasteiger partial charge in [-0.1, -0.05) is 50.9 Å². The predicted octanol–water partition coefficient (Wildman–Crippen LogP) is 5.29. The summed E-state index contributed by atoms with van der Waals surface area (Å²) in [6.07, 6.45) is 1.61. The van der Waals surface area contributed by atoms with E-state index in [0.717, 1.165) is 12.0 Å². The van der Waals surface area contributed by atoms with Crippen molar-refractivity contribution in [1.82, 2.24) is 0 Å². The van der Waals surface area contributed by atoms with Gasteiger partial charge in [-0.3, -0.25) is 4.79 Å². The largest absolute Gasteiger partial charge is 0.294 e. The summed E-state index contributed by atoms with van der Waals surface area (Å²) in [7, 11) is 0. The van der Waals surface area contributed by atoms with E-state index in [1.165, 1.54) is 0 Å². The number of benzene rings is 1. The lowest BCUT2D eigenvalue weighted by molar-refractivity contribution is 0.0954. The number of Topliss-reactive ketones (excluding diaryl/α,β-unsaturated/α-hetero) is 1. The van der Waals surface area contributed by atoms with Crippen molar-refractivity contribution in [2.75, 3.05) is 0 Å². The average molecular weight is 267 g/mol. The van der Waals surface area contributed by atoms with Crippen molar-refractivity contribution in [3.63, 3.8) is 0 Å². The first-order chi connectivity index (χ1) is 8.19. The van der Waals surface area contributed by atoms with Crippen LogP contribution in [-0.4, -0.2) is 5.78 Å². The summed E-state index contributed by atoms with van der Waals surface area (Å²) in [5.74, 6) is 0.537. The third-order valence-corrected chi connectivity index (χ3v) is 3.25. The van der Waals surface area contributed by atoms with Gasteiger partial charge in [0.05, 0.1) is 5.02 Å². The molecule has 1 rings (SSSR count). The van der Waals surface area contributed by atoms with Crippen LogP contribution in [0.15, 0.2) is 18.2 Å². The van der Waals surface area contributed by atoms with E-state index in [1.54, 1.807) is 6.07 Å². The van der Waals surface area contributed by atoms with Crippen molar-refractivity contribution in [1.29, 1.82) is 0 Å². The maximum atomic E-state index is 12.2. The first-order valence-electron chi connectivity index (χ1n) is 6.48. The highest BCUT2D eigenvalue weighted by atomic mass is 35.5. The molecule has 1 atom stereocenters. The van der Waals surface area contributed by atoms with Crippen LogP contribution < -0.4 is 0 Å². The van der Waals surface area contributed by atoms with Gasteiger partial charge in [0, 0.05) is 12.0 Å². The minimum absolute atomic E-state index is 0.153. The van der Waals surface area contributed by atoms with E-state index in [-0.39, 0.29) is 11.2 Å². The van der Waals surface area contributed by atoms with Crippen LogP contribution in [-0.2, 0) is 0 Å². The molecule has 0 amide bonds. The van der Waals surface area contributed by atoms with E-state index >= 15 is 0 Å². The van der Waals surface area contributed by atoms with E-state index in [4.69, 9.17) is 11.6 Å². The Labute approximate surface area is 116 Å². The maximum Gasteiger partial charge on any atom is 0.164 e. The minimum Gasteiger partial charge on any atom is -0.294 e. The summed E-state index contributed by atoms with van der Waals surface area (Å²) in [6.45, 7) is 10.7. The second-order valence-electron chi connectivity index (χ2n) is 6.48. The highest BCUT2D eigenvalue weighted by Gasteiger charge is 2.19. The van der Waals surface area contributed by atoms with Crippen LogP contribution in [0.3, 0.4) is 0 Å². The fourth-order valence-corrected chi connectivity index (χ4v) is 2.62. The molecule has 100 valence electrons. The quantitative estimate of drug-likeness (QED) is 0.677. The molecule has 0 aliphatic heterocycles. The highest BCUT2D eigenvalue weighted by Crippen LogP contribution is 2.28. The number of hydrogen-bond donors (Lipinski definition) is 0. The molecule has 1 aromatic rings. The number of ketones is 1. The Morgan fingerprint density at radius 1 is 1.33 bits per heavy atom. The molecule has 0 bridgehead atoms. The fraction of sp³-hybridized carbons (Fsp3) is 0.562. The first kappa shape index (κ1) is 15.2. The molecule has 0 spiro atoms. The van der Waals surface area contributed by atoms with E-state index in [2.05, 4.69) is 27.7 Å². The monoisotopic (exact) mass is 266 g/mol. The van der Waals surface area contributed by atoms with Crippen LogP contribution in [0.4, 0.5) is 0 Å². The molecule has 1 aromatic carbocycles. The normalized spacial score (nSPS) is 13.4. The molecule has 0 radical (unpaired) electrons. The van der Waals surface area contributed by atoms with Crippen molar-refractivity contribution in [3.8, 4) is 0 Å². The molecule has 1 nitrogen and oxygen atoms in total. The van der Waals surface area contributed by atoms with Crippen molar-refractivity contribution in [3.05, 3.63) is 34.3 Å². The second kappa shape index (κ2) is 5.88. The van der Waals surface area contributed by atoms with Crippen molar-refractivity contribution < 1.29 is 4.79 Å². The Kier molecular flexibility index (Phi) is 4.98. The van der Waals surface area contributed by atoms with Gasteiger partial charge in [-0.15, -0.1) is 0 Å². The van der Waals surface area contributed by atoms with Gasteiger partial charge in [-0.05, 0) is 36.8 Å². The smallest absolute Gasteiger partial charge is 0.164 e. The topological polar surface area (TPSA) is 17.1 Å². The molecule has 0 aliphatic carbocycles. The highest BCUT2D eigenvalue weighted by molar-refractivity contribution is 6.34. The lowest BCUT2D eigenvalue weighted by atomic mass is 9.83. The molecule has 0 heterocycles. The molecule has 0 aromatic heterocycles. The zero-order valence-corrected chi connectivity index (χ0v) is 12.8. The molecule has 0 saturated heterocycles. The summed E-state index contributed by atoms with van der Waals surface area (Å²) < 4.78 is 0. The van der Waals surface area contributed by atoms with E-state index < -0.39 is 0 Å². The maximum absolute atomic E-state index is 12.2. The lowest BCUT2D eigenvalue weighted by Gasteiger charge is -2.22. The van der Waals surface area contributed by atoms with Gasteiger partial charge < -0.3 is 0 Å². The molecular formula is C16H23ClO. The molecule has 2 heteroatoms. The second-order valence-corrected chi connectivity index (χ2v) is 6.89. The Morgan fingerprint density at radius 3 is 2.50 bits per heavy atom. The van der Waals surface area contributed by atoms with Gasteiger partial charge in [0.25, 0.3) is 0 Å². The van der Waals surface area contributed by atoms with Crippen molar-refractivity contribution in [2.45, 2.75) is 47.5 Å². The van der Waals surface area contributed by atoms with E-state index in [1.807, 2.05) is 19.1 Å². The molecule has 0 saturated carbocycles. The average Bonchev–Trinajstić information content (AvgIpc) is 2.18. The van der Waals surface area contributed by atoms with Crippen molar-refractivity contribution >= 4 is 17.4 Å². The molecule has 18 heavy (non-hydrogen) atoms. The lowest BCUT2D eigenvalue weighted by Crippen LogP contribution is -2.14. The summed E-state index contributed by atoms with van der Waals surface area (Å²) >= 11 is 6.09. The van der Waals surface area contributed by atoms with Gasteiger partial charge >= 0.3 is 0 Å². The third kappa shape index (κ3) is 4.81. The number of halogens is 1. The van der Waals surface area contributed by atoms with Gasteiger partial charge in [0.15, 0.2) is 5.78 Å². The molecule has 0 fully saturated rings. The van der Waals surface area contributed by atoms with Crippen LogP contribution in [0.1, 0.15) is 56.5 Å². The Balaban J connectivity index is 2.74. The minimum atomic E-state index is 0.153. The predicted molar refractivity (Wildman–Crippen MR) is 78.4 cm³/mol. The Morgan fingerprint density at radius 2 is 1.94 bits per heavy atom. The first-order valence-corrected chi connectivity index (χ1v) is 6.86. The summed E-state index contributed by atoms with van der Waals surface area (Å²) in [5, 5.41) is 0.563. The zero-order chi connectivity index (χ0) is 13.9. The standard InChI is InChI=1S/C16H23ClO/c1-11-6-7-14(17)13(8-11)15(18)9-12(2)10-16(3,4)5/h6-8,12H,9-10H2,1-5H3. The number of carbonyl (C=O) groups excluding carboxylic acids is 1. The van der Waals surface area contributed by atoms with Gasteiger partial charge in [-0.25, -0.2) is 0 Å². The van der Waals surface area contributed by atoms with E-state index in [0.29, 0.717) is 22.9 Å². The Bertz CT molecular complexity index is 429. The molecule has 0 N–H and O–H groups in total. The van der Waals surface area contributed by atoms with Gasteiger partial charge in [0.2, 0.25) is 0 Å². The number of carbonyl (C=O) groups is 1. The molecule has 0 aliphatic rings. The Hall–Kier alpha value is -0.820. The van der Waals surface area contributed by atoms with E-state index in [9.17, 15) is 4.79 Å². The summed E-state index contributed by atoms with van der Waals surface area (Å²) in [4.78, 5) is 12.2. The summed E-state index contributed by atoms with van der Waals surface area (Å²) in [6, 6.07) is 5.62. The molecule has 1 unspecified atom stereocenters. The van der Waals surface area contributed by atoms with Gasteiger partial charge in [0.1, 0.15) is 0 Å². The zero-order valence-electron chi connectivity index (χ0n) is 12.0. The SMILES string of the molecule is Cc1ccc(Cl)c(C(=O)CC(C)CC(C)(C)C)c1. The summed E-state index contributed by atoms with van der Waals surface area (Å²) in [5.41, 5.74) is 2.00. The van der Waals surface area contributed by atoms with Crippen LogP contribution >= 0.6 is 11.6 Å². The van der Waals surface area contributed by atoms with Crippen molar-refractivity contribution in [2.24, 2.45) is 11.3 Å². The number of aryl methyl sites for hydroxylation is 1. The fourth-order valence-electron chi connectivity index (χ4n) is 2.40. The number of rotatable bonds is 4. The van der Waals surface area contributed by atoms with Crippen LogP contribution in [0.5, 0.6) is 0 Å². The number of hydrogen-bond acceptors (Lipinski definition) is 1. The molecular weight excluding hydrogens is 244 g/mol. The third-order valence-electron chi connectivity index (χ3n) is 2.92. The van der Waals surface area contributed by atoms with Crippen LogP contribution in [0, 0.1) is 18.3 Å². The van der Waals surface area contributed by atoms with Crippen LogP contribution in [0.2, 0.25) is 5.02 Å².